The smallest absolute Gasteiger partial charge is 0.338 e. The number of ketones is 1. The van der Waals surface area contributed by atoms with Gasteiger partial charge in [0.05, 0.1) is 41.1 Å². The van der Waals surface area contributed by atoms with Gasteiger partial charge < -0.3 is 64.0 Å². The molecular weight excluding hydrogens is 955 g/mol. The second-order valence-electron chi connectivity index (χ2n) is 20.1. The van der Waals surface area contributed by atoms with E-state index < -0.39 is 115 Å². The molecule has 398 valence electrons. The number of aliphatic hydroxyl groups is 5. The molecule has 2 saturated carbocycles. The number of carbonyl (C=O) groups excluding carboxylic acids is 2. The van der Waals surface area contributed by atoms with Crippen LogP contribution in [0, 0.1) is 27.9 Å². The molecule has 22 heteroatoms. The predicted octanol–water partition coefficient (Wildman–Crippen LogP) is 3.56. The summed E-state index contributed by atoms with van der Waals surface area (Å²) in [5, 5.41) is 85.7. The quantitative estimate of drug-likeness (QED) is 0.0356. The number of fused-ring (bicyclic) bond motifs is 1. The molecule has 2 aliphatic carbocycles. The number of rotatable bonds is 21. The van der Waals surface area contributed by atoms with Crippen molar-refractivity contribution in [1.29, 1.82) is 0 Å². The number of non-ortho nitro benzene ring substituents is 1. The maximum Gasteiger partial charge on any atom is 0.338 e. The van der Waals surface area contributed by atoms with Crippen LogP contribution in [0.25, 0.3) is 10.9 Å². The fourth-order valence-corrected chi connectivity index (χ4v) is 10.8. The number of aromatic amines is 1. The number of nitrogens with zero attached hydrogens (tertiary/aromatic N) is 4. The first kappa shape index (κ1) is 54.0. The van der Waals surface area contributed by atoms with Crippen LogP contribution in [0.2, 0.25) is 0 Å². The zero-order valence-electron chi connectivity index (χ0n) is 40.9. The normalized spacial score (nSPS) is 31.5. The van der Waals surface area contributed by atoms with E-state index in [-0.39, 0.29) is 55.1 Å². The maximum atomic E-state index is 14.3. The zero-order chi connectivity index (χ0) is 51.9. The highest BCUT2D eigenvalue weighted by Gasteiger charge is 2.54. The summed E-state index contributed by atoms with van der Waals surface area (Å²) >= 11 is 0. The molecule has 0 spiro atoms. The number of hydrogen-bond donors (Lipinski definition) is 7. The van der Waals surface area contributed by atoms with Crippen molar-refractivity contribution in [2.75, 3.05) is 6.61 Å². The van der Waals surface area contributed by atoms with Crippen LogP contribution in [0.3, 0.4) is 0 Å². The number of H-pyrrole nitrogens is 1. The summed E-state index contributed by atoms with van der Waals surface area (Å²) in [6.07, 6.45) is -8.73. The van der Waals surface area contributed by atoms with E-state index in [0.29, 0.717) is 25.1 Å². The SMILES string of the molecule is CC1O[C@@H](O[C@@H]2C(C)CC(C(=O)CCc3cn(CCCc4c[nH]c5ccc([N+](=O)[O-])cc45)nn3)C[C@H]2O[C@@H]2O[C@@H](CO)[C@H](O)C(O[C@@H](CC3CCCCC3)C(=O)O)C2OC(=O)c2ccccc2)C(O)[C@@H](O)[C@@H]1O. The number of nitro benzene ring substituents is 1. The number of nitrogens with one attached hydrogen (secondary N) is 1. The second-order valence-corrected chi connectivity index (χ2v) is 20.1. The molecule has 6 unspecified atom stereocenters. The summed E-state index contributed by atoms with van der Waals surface area (Å²) in [6.45, 7) is 3.03. The molecule has 0 amide bonds. The van der Waals surface area contributed by atoms with Gasteiger partial charge in [0.1, 0.15) is 42.4 Å². The van der Waals surface area contributed by atoms with Gasteiger partial charge in [0.25, 0.3) is 5.69 Å². The van der Waals surface area contributed by atoms with Crippen LogP contribution in [0.5, 0.6) is 0 Å². The van der Waals surface area contributed by atoms with E-state index in [2.05, 4.69) is 15.3 Å². The minimum absolute atomic E-state index is 0.00929. The topological polar surface area (TPSA) is 318 Å². The van der Waals surface area contributed by atoms with Crippen LogP contribution < -0.4 is 0 Å². The predicted molar refractivity (Wildman–Crippen MR) is 256 cm³/mol. The van der Waals surface area contributed by atoms with Crippen LogP contribution in [0.4, 0.5) is 5.69 Å². The third-order valence-corrected chi connectivity index (χ3v) is 14.9. The molecule has 4 fully saturated rings. The Kier molecular flexibility index (Phi) is 18.0. The molecule has 0 bridgehead atoms. The van der Waals surface area contributed by atoms with Gasteiger partial charge in [-0.25, -0.2) is 9.59 Å². The van der Waals surface area contributed by atoms with Crippen molar-refractivity contribution in [2.45, 2.75) is 177 Å². The maximum absolute atomic E-state index is 14.3. The van der Waals surface area contributed by atoms with Crippen molar-refractivity contribution >= 4 is 34.3 Å². The summed E-state index contributed by atoms with van der Waals surface area (Å²) in [6, 6.07) is 12.6. The van der Waals surface area contributed by atoms with Gasteiger partial charge >= 0.3 is 11.9 Å². The molecule has 0 radical (unpaired) electrons. The van der Waals surface area contributed by atoms with E-state index in [0.717, 1.165) is 48.6 Å². The number of benzene rings is 2. The number of aliphatic carboxylic acids is 1. The molecule has 22 nitrogen and oxygen atoms in total. The Morgan fingerprint density at radius 1 is 0.904 bits per heavy atom. The van der Waals surface area contributed by atoms with Crippen molar-refractivity contribution in [3.63, 3.8) is 0 Å². The number of nitro groups is 1. The molecular formula is C51H67N5O17. The van der Waals surface area contributed by atoms with Gasteiger partial charge in [0.2, 0.25) is 0 Å². The van der Waals surface area contributed by atoms with Crippen molar-refractivity contribution in [3.05, 3.63) is 87.9 Å². The number of carboxylic acids is 1. The van der Waals surface area contributed by atoms with Gasteiger partial charge in [0.15, 0.2) is 24.8 Å². The van der Waals surface area contributed by atoms with Gasteiger partial charge in [-0.05, 0) is 74.6 Å². The van der Waals surface area contributed by atoms with E-state index >= 15 is 0 Å². The summed E-state index contributed by atoms with van der Waals surface area (Å²) in [4.78, 5) is 55.0. The van der Waals surface area contributed by atoms with Crippen LogP contribution in [-0.2, 0) is 57.4 Å². The number of aromatic nitrogens is 4. The molecule has 4 aromatic rings. The molecule has 2 saturated heterocycles. The lowest BCUT2D eigenvalue weighted by atomic mass is 9.75. The molecule has 8 rings (SSSR count). The molecule has 73 heavy (non-hydrogen) atoms. The second kappa shape index (κ2) is 24.4. The minimum Gasteiger partial charge on any atom is -0.479 e. The fraction of sp³-hybridized carbons (Fsp3) is 0.627. The highest BCUT2D eigenvalue weighted by molar-refractivity contribution is 5.89. The van der Waals surface area contributed by atoms with Gasteiger partial charge in [-0.2, -0.15) is 0 Å². The minimum atomic E-state index is -1.71. The third kappa shape index (κ3) is 13.0. The van der Waals surface area contributed by atoms with Crippen LogP contribution in [0.1, 0.15) is 99.7 Å². The van der Waals surface area contributed by atoms with Crippen LogP contribution in [-0.4, -0.2) is 160 Å². The number of ether oxygens (including phenoxy) is 6. The fourth-order valence-electron chi connectivity index (χ4n) is 10.8. The average Bonchev–Trinajstić information content (AvgIpc) is 4.03. The lowest BCUT2D eigenvalue weighted by Crippen LogP contribution is -2.64. The summed E-state index contributed by atoms with van der Waals surface area (Å²) in [7, 11) is 0. The first-order chi connectivity index (χ1) is 35.1. The molecule has 4 heterocycles. The van der Waals surface area contributed by atoms with Gasteiger partial charge in [0, 0.05) is 60.7 Å². The molecule has 7 N–H and O–H groups in total. The lowest BCUT2D eigenvalue weighted by molar-refractivity contribution is -0.384. The molecule has 2 aromatic carbocycles. The van der Waals surface area contributed by atoms with E-state index in [1.54, 1.807) is 48.1 Å². The number of carboxylic acid groups (broad SMARTS) is 1. The number of esters is 1. The van der Waals surface area contributed by atoms with Gasteiger partial charge in [-0.15, -0.1) is 5.10 Å². The van der Waals surface area contributed by atoms with Gasteiger partial charge in [-0.3, -0.25) is 19.6 Å². The number of aliphatic hydroxyl groups excluding tert-OH is 5. The highest BCUT2D eigenvalue weighted by atomic mass is 16.7. The van der Waals surface area contributed by atoms with E-state index in [4.69, 9.17) is 28.4 Å². The highest BCUT2D eigenvalue weighted by Crippen LogP contribution is 2.40. The van der Waals surface area contributed by atoms with Crippen LogP contribution in [0.15, 0.2) is 60.9 Å². The Balaban J connectivity index is 1.01. The van der Waals surface area contributed by atoms with Crippen molar-refractivity contribution in [1.82, 2.24) is 20.0 Å². The largest absolute Gasteiger partial charge is 0.479 e. The van der Waals surface area contributed by atoms with E-state index in [9.17, 15) is 55.1 Å². The third-order valence-electron chi connectivity index (χ3n) is 14.9. The number of Topliss-reactive ketones (excluding diaryl/α,β-unsaturated/α-hetero) is 1. The van der Waals surface area contributed by atoms with Gasteiger partial charge in [-0.1, -0.05) is 62.4 Å². The summed E-state index contributed by atoms with van der Waals surface area (Å²) in [5.74, 6) is -3.45. The lowest BCUT2D eigenvalue weighted by Gasteiger charge is -2.48. The van der Waals surface area contributed by atoms with E-state index in [1.165, 1.54) is 25.1 Å². The first-order valence-corrected chi connectivity index (χ1v) is 25.3. The van der Waals surface area contributed by atoms with Crippen molar-refractivity contribution in [3.8, 4) is 0 Å². The van der Waals surface area contributed by atoms with E-state index in [1.807, 2.05) is 6.20 Å². The molecule has 4 aliphatic rings. The molecule has 2 aromatic heterocycles. The Labute approximate surface area is 421 Å². The van der Waals surface area contributed by atoms with Crippen LogP contribution >= 0.6 is 0 Å². The Morgan fingerprint density at radius 2 is 1.67 bits per heavy atom. The summed E-state index contributed by atoms with van der Waals surface area (Å²) < 4.78 is 39.2. The molecule has 2 aliphatic heterocycles. The number of carbonyl (C=O) groups is 3. The summed E-state index contributed by atoms with van der Waals surface area (Å²) in [5.41, 5.74) is 2.44. The standard InChI is InChI=1S/C51H67N5O17/c1-27-20-32(37(58)18-15-33-25-55(54-53-33)19-9-14-31-24-52-36-17-16-34(56(66)67)23-35(31)36)22-38(45(27)73-50-44(62)43(61)41(59)28(2)68-50)70-51-47(72-49(65)30-12-7-4-8-13-30)46(42(60)40(26-57)71-51)69-39(48(63)64)21-29-10-5-3-6-11-29/h4,7-8,12-13,16-17,23-25,27-29,32,38-47,50-52,57,59-62H,3,5-6,9-11,14-15,18-22,26H2,1-2H3,(H,63,64)/t27?,28?,32?,38-,39+,40+,41-,42+,43+,44?,45-,46?,47?,50+,51-/m1/s1. The zero-order valence-corrected chi connectivity index (χ0v) is 40.9. The average molecular weight is 1020 g/mol. The first-order valence-electron chi connectivity index (χ1n) is 25.3. The molecule has 15 atom stereocenters. The number of hydrogen-bond acceptors (Lipinski definition) is 18. The number of aryl methyl sites for hydroxylation is 3. The monoisotopic (exact) mass is 1020 g/mol. The Bertz CT molecular complexity index is 2480. The Morgan fingerprint density at radius 3 is 2.40 bits per heavy atom. The Hall–Kier alpha value is -5.27. The van der Waals surface area contributed by atoms with Crippen molar-refractivity contribution in [2.24, 2.45) is 17.8 Å². The van der Waals surface area contributed by atoms with Crippen molar-refractivity contribution < 1.29 is 78.4 Å².